The first-order valence-corrected chi connectivity index (χ1v) is 8.80. The van der Waals surface area contributed by atoms with Crippen molar-refractivity contribution in [2.24, 2.45) is 0 Å². The largest absolute Gasteiger partial charge is 0.451 e. The molecule has 2 heterocycles. The number of nitrogens with one attached hydrogen (secondary N) is 3. The van der Waals surface area contributed by atoms with E-state index in [1.165, 1.54) is 19.3 Å². The highest BCUT2D eigenvalue weighted by atomic mass is 16.3. The molecule has 148 valence electrons. The minimum Gasteiger partial charge on any atom is -0.451 e. The molecule has 0 saturated carbocycles. The second-order valence-electron chi connectivity index (χ2n) is 6.01. The van der Waals surface area contributed by atoms with E-state index in [1.807, 2.05) is 24.3 Å². The third-order valence-electron chi connectivity index (χ3n) is 3.99. The monoisotopic (exact) mass is 393 g/mol. The predicted octanol–water partition coefficient (Wildman–Crippen LogP) is 1.14. The van der Waals surface area contributed by atoms with Crippen molar-refractivity contribution < 1.29 is 18.8 Å². The summed E-state index contributed by atoms with van der Waals surface area (Å²) in [6.45, 7) is 0.162. The molecule has 3 rings (SSSR count). The summed E-state index contributed by atoms with van der Waals surface area (Å²) in [6, 6.07) is 13.8. The Hall–Kier alpha value is -4.01. The Labute approximate surface area is 166 Å². The second-order valence-corrected chi connectivity index (χ2v) is 6.01. The van der Waals surface area contributed by atoms with E-state index in [1.54, 1.807) is 18.2 Å². The maximum atomic E-state index is 12.1. The number of nitrogens with zero attached hydrogens (tertiary/aromatic N) is 2. The number of carbonyl (C=O) groups is 3. The van der Waals surface area contributed by atoms with Crippen molar-refractivity contribution in [1.29, 1.82) is 0 Å². The van der Waals surface area contributed by atoms with Crippen LogP contribution in [0.1, 0.15) is 26.6 Å². The molecule has 0 spiro atoms. The van der Waals surface area contributed by atoms with E-state index in [-0.39, 0.29) is 29.8 Å². The van der Waals surface area contributed by atoms with Crippen LogP contribution in [0, 0.1) is 0 Å². The van der Waals surface area contributed by atoms with E-state index in [4.69, 9.17) is 4.42 Å². The van der Waals surface area contributed by atoms with E-state index in [0.29, 0.717) is 12.3 Å². The van der Waals surface area contributed by atoms with Gasteiger partial charge in [0.05, 0.1) is 6.54 Å². The van der Waals surface area contributed by atoms with Crippen molar-refractivity contribution in [3.05, 3.63) is 71.7 Å². The first kappa shape index (κ1) is 19.7. The van der Waals surface area contributed by atoms with E-state index < -0.39 is 5.91 Å². The smallest absolute Gasteiger partial charge is 0.287 e. The number of rotatable bonds is 7. The molecule has 0 aliphatic rings. The molecule has 29 heavy (non-hydrogen) atoms. The molecule has 9 nitrogen and oxygen atoms in total. The Morgan fingerprint density at radius 2 is 1.86 bits per heavy atom. The summed E-state index contributed by atoms with van der Waals surface area (Å²) in [5, 5.41) is 15.1. The van der Waals surface area contributed by atoms with Gasteiger partial charge in [0, 0.05) is 25.4 Å². The summed E-state index contributed by atoms with van der Waals surface area (Å²) in [4.78, 5) is 35.3. The van der Waals surface area contributed by atoms with Gasteiger partial charge in [0.1, 0.15) is 5.76 Å². The Balaban J connectivity index is 1.64. The van der Waals surface area contributed by atoms with Crippen molar-refractivity contribution in [2.45, 2.75) is 6.54 Å². The van der Waals surface area contributed by atoms with Crippen LogP contribution in [0.3, 0.4) is 0 Å². The fourth-order valence-corrected chi connectivity index (χ4v) is 2.48. The van der Waals surface area contributed by atoms with E-state index in [9.17, 15) is 14.4 Å². The summed E-state index contributed by atoms with van der Waals surface area (Å²) in [5.74, 6) is -0.507. The van der Waals surface area contributed by atoms with Gasteiger partial charge in [-0.15, -0.1) is 5.10 Å². The fourth-order valence-electron chi connectivity index (χ4n) is 2.48. The molecule has 0 bridgehead atoms. The molecule has 0 aliphatic carbocycles. The lowest BCUT2D eigenvalue weighted by molar-refractivity contribution is -0.119. The van der Waals surface area contributed by atoms with Crippen molar-refractivity contribution >= 4 is 17.7 Å². The molecule has 0 aliphatic heterocycles. The number of amides is 3. The molecule has 3 N–H and O–H groups in total. The third-order valence-corrected chi connectivity index (χ3v) is 3.99. The average Bonchev–Trinajstić information content (AvgIpc) is 3.27. The molecular formula is C20H19N5O4. The lowest BCUT2D eigenvalue weighted by atomic mass is 10.1. The maximum absolute atomic E-state index is 12.1. The minimum atomic E-state index is -0.479. The van der Waals surface area contributed by atoms with Gasteiger partial charge in [-0.05, 0) is 35.9 Å². The second kappa shape index (κ2) is 9.27. The highest BCUT2D eigenvalue weighted by Gasteiger charge is 2.13. The molecule has 3 aromatic rings. The normalized spacial score (nSPS) is 10.2. The number of likely N-dealkylation sites (N-methyl/N-ethyl adjacent to an activating group) is 1. The van der Waals surface area contributed by atoms with Gasteiger partial charge in [0.2, 0.25) is 5.91 Å². The van der Waals surface area contributed by atoms with Crippen molar-refractivity contribution in [3.63, 3.8) is 0 Å². The van der Waals surface area contributed by atoms with Crippen molar-refractivity contribution in [2.75, 3.05) is 13.6 Å². The minimum absolute atomic E-state index is 0.102. The SMILES string of the molecule is CNC(=O)CNC(=O)c1ccc(-c2cccc(CNC(=O)c3cccnn3)c2)o1. The van der Waals surface area contributed by atoms with Crippen LogP contribution in [0.15, 0.2) is 59.1 Å². The fraction of sp³-hybridized carbons (Fsp3) is 0.150. The summed E-state index contributed by atoms with van der Waals surface area (Å²) in [5.41, 5.74) is 1.84. The van der Waals surface area contributed by atoms with Crippen LogP contribution in [-0.2, 0) is 11.3 Å². The molecule has 1 aromatic carbocycles. The van der Waals surface area contributed by atoms with Crippen LogP contribution in [0.5, 0.6) is 0 Å². The number of benzene rings is 1. The van der Waals surface area contributed by atoms with Gasteiger partial charge in [-0.2, -0.15) is 5.10 Å². The Bertz CT molecular complexity index is 1020. The summed E-state index contributed by atoms with van der Waals surface area (Å²) < 4.78 is 5.60. The zero-order valence-corrected chi connectivity index (χ0v) is 15.6. The van der Waals surface area contributed by atoms with Gasteiger partial charge in [-0.3, -0.25) is 14.4 Å². The van der Waals surface area contributed by atoms with Crippen LogP contribution in [0.25, 0.3) is 11.3 Å². The lowest BCUT2D eigenvalue weighted by Gasteiger charge is -2.06. The van der Waals surface area contributed by atoms with E-state index in [2.05, 4.69) is 26.1 Å². The van der Waals surface area contributed by atoms with E-state index in [0.717, 1.165) is 11.1 Å². The molecular weight excluding hydrogens is 374 g/mol. The van der Waals surface area contributed by atoms with Crippen LogP contribution >= 0.6 is 0 Å². The summed E-state index contributed by atoms with van der Waals surface area (Å²) in [6.07, 6.45) is 1.50. The quantitative estimate of drug-likeness (QED) is 0.553. The Morgan fingerprint density at radius 1 is 1.00 bits per heavy atom. The third kappa shape index (κ3) is 5.25. The van der Waals surface area contributed by atoms with Gasteiger partial charge >= 0.3 is 0 Å². The number of furan rings is 1. The van der Waals surface area contributed by atoms with Gasteiger partial charge in [-0.1, -0.05) is 18.2 Å². The molecule has 0 radical (unpaired) electrons. The average molecular weight is 393 g/mol. The number of aromatic nitrogens is 2. The zero-order chi connectivity index (χ0) is 20.6. The van der Waals surface area contributed by atoms with Gasteiger partial charge < -0.3 is 20.4 Å². The number of hydrogen-bond acceptors (Lipinski definition) is 6. The highest BCUT2D eigenvalue weighted by molar-refractivity contribution is 5.94. The highest BCUT2D eigenvalue weighted by Crippen LogP contribution is 2.23. The van der Waals surface area contributed by atoms with Crippen molar-refractivity contribution in [3.8, 4) is 11.3 Å². The van der Waals surface area contributed by atoms with Crippen molar-refractivity contribution in [1.82, 2.24) is 26.1 Å². The maximum Gasteiger partial charge on any atom is 0.287 e. The number of carbonyl (C=O) groups excluding carboxylic acids is 3. The van der Waals surface area contributed by atoms with Crippen LogP contribution in [0.4, 0.5) is 0 Å². The first-order chi connectivity index (χ1) is 14.1. The molecule has 0 atom stereocenters. The molecule has 0 unspecified atom stereocenters. The summed E-state index contributed by atoms with van der Waals surface area (Å²) >= 11 is 0. The van der Waals surface area contributed by atoms with Gasteiger partial charge in [0.15, 0.2) is 11.5 Å². The zero-order valence-electron chi connectivity index (χ0n) is 15.6. The Morgan fingerprint density at radius 3 is 2.62 bits per heavy atom. The number of hydrogen-bond donors (Lipinski definition) is 3. The molecule has 2 aromatic heterocycles. The predicted molar refractivity (Wildman–Crippen MR) is 104 cm³/mol. The van der Waals surface area contributed by atoms with Crippen LogP contribution in [-0.4, -0.2) is 41.5 Å². The molecule has 9 heteroatoms. The van der Waals surface area contributed by atoms with Crippen LogP contribution in [0.2, 0.25) is 0 Å². The topological polar surface area (TPSA) is 126 Å². The van der Waals surface area contributed by atoms with E-state index >= 15 is 0 Å². The molecule has 3 amide bonds. The first-order valence-electron chi connectivity index (χ1n) is 8.80. The van der Waals surface area contributed by atoms with Gasteiger partial charge in [0.25, 0.3) is 11.8 Å². The molecule has 0 fully saturated rings. The summed E-state index contributed by atoms with van der Waals surface area (Å²) in [7, 11) is 1.49. The standard InChI is InChI=1S/C20H19N5O4/c1-21-18(26)12-23-20(28)17-8-7-16(29-17)14-5-2-4-13(10-14)11-22-19(27)15-6-3-9-24-25-15/h2-10H,11-12H2,1H3,(H,21,26)(H,22,27)(H,23,28). The van der Waals surface area contributed by atoms with Gasteiger partial charge in [-0.25, -0.2) is 0 Å². The van der Waals surface area contributed by atoms with Crippen LogP contribution < -0.4 is 16.0 Å². The Kier molecular flexibility index (Phi) is 6.31. The lowest BCUT2D eigenvalue weighted by Crippen LogP contribution is -2.34. The molecule has 0 saturated heterocycles.